The number of hydrogen-bond donors (Lipinski definition) is 1. The molecule has 0 fully saturated rings. The van der Waals surface area contributed by atoms with E-state index >= 15 is 0 Å². The number of sulfonamides is 1. The Morgan fingerprint density at radius 2 is 1.83 bits per heavy atom. The summed E-state index contributed by atoms with van der Waals surface area (Å²) in [5, 5.41) is 1.04. The second-order valence-electron chi connectivity index (χ2n) is 4.76. The van der Waals surface area contributed by atoms with Gasteiger partial charge in [-0.05, 0) is 36.2 Å². The Hall–Kier alpha value is -1.96. The molecule has 0 unspecified atom stereocenters. The van der Waals surface area contributed by atoms with E-state index in [1.54, 1.807) is 19.1 Å². The van der Waals surface area contributed by atoms with E-state index in [-0.39, 0.29) is 10.8 Å². The molecule has 0 aliphatic carbocycles. The van der Waals surface area contributed by atoms with E-state index in [2.05, 4.69) is 14.1 Å². The standard InChI is InChI=1S/C15H12ClN3O2S2/c1-10-12(16)8-5-9-13(10)23(20,21)19-15-17-14(22-18-15)11-6-3-2-4-7-11/h2-9H,1H3,(H,18,19). The van der Waals surface area contributed by atoms with Crippen molar-refractivity contribution in [2.24, 2.45) is 0 Å². The van der Waals surface area contributed by atoms with Gasteiger partial charge in [0.1, 0.15) is 5.01 Å². The van der Waals surface area contributed by atoms with Crippen molar-refractivity contribution in [1.29, 1.82) is 0 Å². The van der Waals surface area contributed by atoms with Crippen LogP contribution in [0.25, 0.3) is 10.6 Å². The Labute approximate surface area is 143 Å². The molecular formula is C15H12ClN3O2S2. The van der Waals surface area contributed by atoms with Gasteiger partial charge in [-0.25, -0.2) is 13.1 Å². The zero-order valence-corrected chi connectivity index (χ0v) is 14.4. The summed E-state index contributed by atoms with van der Waals surface area (Å²) in [5.74, 6) is 0.0493. The highest BCUT2D eigenvalue weighted by molar-refractivity contribution is 7.92. The molecule has 0 amide bonds. The summed E-state index contributed by atoms with van der Waals surface area (Å²) < 4.78 is 31.4. The predicted molar refractivity (Wildman–Crippen MR) is 92.3 cm³/mol. The first kappa shape index (κ1) is 15.9. The van der Waals surface area contributed by atoms with Crippen molar-refractivity contribution in [3.05, 3.63) is 59.1 Å². The van der Waals surface area contributed by atoms with E-state index in [4.69, 9.17) is 11.6 Å². The molecule has 8 heteroatoms. The Bertz CT molecular complexity index is 940. The molecule has 2 aromatic carbocycles. The van der Waals surface area contributed by atoms with Crippen LogP contribution in [0.3, 0.4) is 0 Å². The third kappa shape index (κ3) is 3.36. The maximum absolute atomic E-state index is 12.5. The van der Waals surface area contributed by atoms with Crippen LogP contribution in [0.5, 0.6) is 0 Å². The Morgan fingerprint density at radius 3 is 2.57 bits per heavy atom. The summed E-state index contributed by atoms with van der Waals surface area (Å²) in [6.45, 7) is 1.65. The molecule has 0 bridgehead atoms. The van der Waals surface area contributed by atoms with E-state index in [1.807, 2.05) is 30.3 Å². The number of aromatic nitrogens is 2. The van der Waals surface area contributed by atoms with Crippen molar-refractivity contribution in [2.75, 3.05) is 4.72 Å². The zero-order valence-electron chi connectivity index (χ0n) is 12.0. The van der Waals surface area contributed by atoms with E-state index in [0.29, 0.717) is 15.6 Å². The zero-order chi connectivity index (χ0) is 16.4. The van der Waals surface area contributed by atoms with Crippen molar-refractivity contribution in [2.45, 2.75) is 11.8 Å². The SMILES string of the molecule is Cc1c(Cl)cccc1S(=O)(=O)Nc1nsc(-c2ccccc2)n1. The molecule has 0 saturated heterocycles. The van der Waals surface area contributed by atoms with Crippen LogP contribution in [-0.4, -0.2) is 17.8 Å². The van der Waals surface area contributed by atoms with Gasteiger partial charge in [0.25, 0.3) is 10.0 Å². The molecule has 0 spiro atoms. The van der Waals surface area contributed by atoms with Gasteiger partial charge in [-0.15, -0.1) is 0 Å². The minimum absolute atomic E-state index is 0.0493. The second-order valence-corrected chi connectivity index (χ2v) is 7.57. The smallest absolute Gasteiger partial charge is 0.246 e. The lowest BCUT2D eigenvalue weighted by Gasteiger charge is -2.08. The fourth-order valence-corrected chi connectivity index (χ4v) is 4.15. The van der Waals surface area contributed by atoms with Crippen LogP contribution >= 0.6 is 23.1 Å². The third-order valence-corrected chi connectivity index (χ3v) is 5.83. The van der Waals surface area contributed by atoms with Crippen molar-refractivity contribution < 1.29 is 8.42 Å². The van der Waals surface area contributed by atoms with Gasteiger partial charge < -0.3 is 0 Å². The molecule has 118 valence electrons. The molecule has 1 aromatic heterocycles. The summed E-state index contributed by atoms with van der Waals surface area (Å²) in [6, 6.07) is 14.2. The fraction of sp³-hybridized carbons (Fsp3) is 0.0667. The largest absolute Gasteiger partial charge is 0.264 e. The lowest BCUT2D eigenvalue weighted by atomic mass is 10.2. The highest BCUT2D eigenvalue weighted by atomic mass is 35.5. The topological polar surface area (TPSA) is 72.0 Å². The average Bonchev–Trinajstić information content (AvgIpc) is 2.98. The van der Waals surface area contributed by atoms with Crippen molar-refractivity contribution in [1.82, 2.24) is 9.36 Å². The summed E-state index contributed by atoms with van der Waals surface area (Å²) in [6.07, 6.45) is 0. The molecule has 0 atom stereocenters. The van der Waals surface area contributed by atoms with E-state index < -0.39 is 10.0 Å². The molecule has 5 nitrogen and oxygen atoms in total. The van der Waals surface area contributed by atoms with Gasteiger partial charge in [-0.2, -0.15) is 9.36 Å². The van der Waals surface area contributed by atoms with Crippen LogP contribution in [0.15, 0.2) is 53.4 Å². The Kier molecular flexibility index (Phi) is 4.34. The lowest BCUT2D eigenvalue weighted by molar-refractivity contribution is 0.600. The third-order valence-electron chi connectivity index (χ3n) is 3.18. The quantitative estimate of drug-likeness (QED) is 0.759. The number of anilines is 1. The van der Waals surface area contributed by atoms with Gasteiger partial charge in [0, 0.05) is 10.6 Å². The number of rotatable bonds is 4. The van der Waals surface area contributed by atoms with Gasteiger partial charge in [0.15, 0.2) is 0 Å². The van der Waals surface area contributed by atoms with Gasteiger partial charge >= 0.3 is 0 Å². The fourth-order valence-electron chi connectivity index (χ4n) is 2.02. The lowest BCUT2D eigenvalue weighted by Crippen LogP contribution is -2.15. The summed E-state index contributed by atoms with van der Waals surface area (Å²) in [4.78, 5) is 4.34. The van der Waals surface area contributed by atoms with Crippen molar-refractivity contribution >= 4 is 39.1 Å². The highest BCUT2D eigenvalue weighted by Crippen LogP contribution is 2.26. The van der Waals surface area contributed by atoms with Crippen LogP contribution in [0.1, 0.15) is 5.56 Å². The molecule has 0 radical (unpaired) electrons. The minimum atomic E-state index is -3.79. The number of nitrogens with one attached hydrogen (secondary N) is 1. The van der Waals surface area contributed by atoms with E-state index in [9.17, 15) is 8.42 Å². The molecule has 0 aliphatic rings. The Balaban J connectivity index is 1.90. The number of benzene rings is 2. The molecule has 1 N–H and O–H groups in total. The summed E-state index contributed by atoms with van der Waals surface area (Å²) in [5.41, 5.74) is 1.37. The number of hydrogen-bond acceptors (Lipinski definition) is 5. The van der Waals surface area contributed by atoms with Gasteiger partial charge in [-0.1, -0.05) is 48.0 Å². The molecule has 0 saturated carbocycles. The number of nitrogens with zero attached hydrogens (tertiary/aromatic N) is 2. The van der Waals surface area contributed by atoms with Crippen LogP contribution in [0.4, 0.5) is 5.95 Å². The van der Waals surface area contributed by atoms with Crippen LogP contribution in [0, 0.1) is 6.92 Å². The number of halogens is 1. The second kappa shape index (κ2) is 6.27. The predicted octanol–water partition coefficient (Wildman–Crippen LogP) is 3.97. The first-order valence-corrected chi connectivity index (χ1v) is 9.28. The molecule has 0 aliphatic heterocycles. The van der Waals surface area contributed by atoms with E-state index in [0.717, 1.165) is 17.1 Å². The highest BCUT2D eigenvalue weighted by Gasteiger charge is 2.20. The normalized spacial score (nSPS) is 11.4. The van der Waals surface area contributed by atoms with Crippen molar-refractivity contribution in [3.63, 3.8) is 0 Å². The van der Waals surface area contributed by atoms with Gasteiger partial charge in [-0.3, -0.25) is 0 Å². The average molecular weight is 366 g/mol. The van der Waals surface area contributed by atoms with Crippen LogP contribution < -0.4 is 4.72 Å². The van der Waals surface area contributed by atoms with Crippen molar-refractivity contribution in [3.8, 4) is 10.6 Å². The van der Waals surface area contributed by atoms with Crippen LogP contribution in [-0.2, 0) is 10.0 Å². The monoisotopic (exact) mass is 365 g/mol. The molecule has 3 aromatic rings. The van der Waals surface area contributed by atoms with E-state index in [1.165, 1.54) is 6.07 Å². The first-order valence-electron chi connectivity index (χ1n) is 6.64. The van der Waals surface area contributed by atoms with Gasteiger partial charge in [0.2, 0.25) is 5.95 Å². The first-order chi connectivity index (χ1) is 11.0. The Morgan fingerprint density at radius 1 is 1.09 bits per heavy atom. The summed E-state index contributed by atoms with van der Waals surface area (Å²) in [7, 11) is -3.79. The molecule has 23 heavy (non-hydrogen) atoms. The maximum Gasteiger partial charge on any atom is 0.264 e. The molecular weight excluding hydrogens is 354 g/mol. The maximum atomic E-state index is 12.5. The molecule has 1 heterocycles. The van der Waals surface area contributed by atoms with Gasteiger partial charge in [0.05, 0.1) is 4.90 Å². The van der Waals surface area contributed by atoms with Crippen LogP contribution in [0.2, 0.25) is 5.02 Å². The summed E-state index contributed by atoms with van der Waals surface area (Å²) >= 11 is 7.12. The molecule has 3 rings (SSSR count). The minimum Gasteiger partial charge on any atom is -0.246 e.